The summed E-state index contributed by atoms with van der Waals surface area (Å²) in [5.41, 5.74) is 2.07. The molecular weight excluding hydrogens is 198 g/mol. The molecule has 1 heterocycles. The Kier molecular flexibility index (Phi) is 4.52. The molecule has 1 aromatic heterocycles. The third kappa shape index (κ3) is 2.60. The minimum atomic E-state index is 0.819. The van der Waals surface area contributed by atoms with Gasteiger partial charge in [0, 0.05) is 12.1 Å². The molecule has 0 saturated heterocycles. The van der Waals surface area contributed by atoms with Crippen molar-refractivity contribution in [3.63, 3.8) is 0 Å². The van der Waals surface area contributed by atoms with Crippen LogP contribution in [0.3, 0.4) is 0 Å². The molecular formula is C14H18NO+. The van der Waals surface area contributed by atoms with Crippen LogP contribution < -0.4 is 4.57 Å². The monoisotopic (exact) mass is 216 g/mol. The Balaban J connectivity index is 3.36. The number of methoxy groups -OCH3 is 1. The van der Waals surface area contributed by atoms with Crippen LogP contribution in [-0.4, -0.2) is 7.11 Å². The molecule has 0 radical (unpaired) electrons. The lowest BCUT2D eigenvalue weighted by Crippen LogP contribution is -2.32. The topological polar surface area (TPSA) is 13.1 Å². The molecule has 0 aliphatic rings. The van der Waals surface area contributed by atoms with E-state index >= 15 is 0 Å². The Bertz CT molecular complexity index is 430. The third-order valence-electron chi connectivity index (χ3n) is 2.34. The zero-order valence-corrected chi connectivity index (χ0v) is 10.1. The summed E-state index contributed by atoms with van der Waals surface area (Å²) in [6.07, 6.45) is 7.70. The Labute approximate surface area is 97.2 Å². The van der Waals surface area contributed by atoms with E-state index in [0.717, 1.165) is 17.0 Å². The van der Waals surface area contributed by atoms with Crippen LogP contribution in [0.4, 0.5) is 0 Å². The van der Waals surface area contributed by atoms with Crippen LogP contribution in [0, 0.1) is 0 Å². The molecule has 0 spiro atoms. The first-order chi connectivity index (χ1) is 7.74. The van der Waals surface area contributed by atoms with Gasteiger partial charge in [-0.05, 0) is 19.1 Å². The Morgan fingerprint density at radius 2 is 2.19 bits per heavy atom. The third-order valence-corrected chi connectivity index (χ3v) is 2.34. The molecule has 84 valence electrons. The van der Waals surface area contributed by atoms with Gasteiger partial charge < -0.3 is 4.74 Å². The maximum atomic E-state index is 5.36. The largest absolute Gasteiger partial charge is 0.496 e. The highest BCUT2D eigenvalue weighted by Gasteiger charge is 2.13. The lowest BCUT2D eigenvalue weighted by Gasteiger charge is -2.06. The number of ether oxygens (including phenoxy) is 1. The summed E-state index contributed by atoms with van der Waals surface area (Å²) in [6, 6.07) is 6.04. The fraction of sp³-hybridized carbons (Fsp3) is 0.214. The molecule has 0 unspecified atom stereocenters. The highest BCUT2D eigenvalue weighted by molar-refractivity contribution is 5.73. The van der Waals surface area contributed by atoms with Gasteiger partial charge in [-0.1, -0.05) is 18.7 Å². The predicted octanol–water partition coefficient (Wildman–Crippen LogP) is 2.63. The van der Waals surface area contributed by atoms with Crippen LogP contribution >= 0.6 is 0 Å². The Morgan fingerprint density at radius 3 is 2.69 bits per heavy atom. The van der Waals surface area contributed by atoms with E-state index < -0.39 is 0 Å². The van der Waals surface area contributed by atoms with Crippen LogP contribution in [0.5, 0.6) is 0 Å². The quantitative estimate of drug-likeness (QED) is 0.428. The average molecular weight is 216 g/mol. The summed E-state index contributed by atoms with van der Waals surface area (Å²) in [7, 11) is 3.67. The number of allylic oxidation sites excluding steroid dienone is 4. The van der Waals surface area contributed by atoms with Gasteiger partial charge in [0.25, 0.3) is 0 Å². The molecule has 0 aliphatic carbocycles. The fourth-order valence-electron chi connectivity index (χ4n) is 1.55. The van der Waals surface area contributed by atoms with Gasteiger partial charge in [0.05, 0.1) is 12.7 Å². The van der Waals surface area contributed by atoms with Crippen molar-refractivity contribution in [1.29, 1.82) is 0 Å². The zero-order chi connectivity index (χ0) is 12.0. The standard InChI is InChI=1S/C14H18NO/c1-5-9-14(16-4)12(6-2)13-10-7-8-11-15(13)3/h5-11H,2H2,1,3-4H3/q+1/b9-5-,14-12-. The second-order valence-corrected chi connectivity index (χ2v) is 3.38. The van der Waals surface area contributed by atoms with Crippen LogP contribution in [0.1, 0.15) is 12.6 Å². The number of nitrogens with zero attached hydrogens (tertiary/aromatic N) is 1. The molecule has 1 rings (SSSR count). The van der Waals surface area contributed by atoms with Crippen LogP contribution in [0.25, 0.3) is 5.57 Å². The van der Waals surface area contributed by atoms with Crippen molar-refractivity contribution in [2.45, 2.75) is 6.92 Å². The van der Waals surface area contributed by atoms with E-state index in [2.05, 4.69) is 6.58 Å². The van der Waals surface area contributed by atoms with Crippen molar-refractivity contribution >= 4 is 5.57 Å². The molecule has 0 fully saturated rings. The minimum absolute atomic E-state index is 0.819. The average Bonchev–Trinajstić information content (AvgIpc) is 2.31. The molecule has 0 aliphatic heterocycles. The molecule has 2 heteroatoms. The summed E-state index contributed by atoms with van der Waals surface area (Å²) < 4.78 is 7.40. The first-order valence-corrected chi connectivity index (χ1v) is 5.23. The number of rotatable bonds is 4. The molecule has 0 saturated carbocycles. The molecule has 0 aromatic carbocycles. The maximum absolute atomic E-state index is 5.36. The normalized spacial score (nSPS) is 12.4. The predicted molar refractivity (Wildman–Crippen MR) is 66.6 cm³/mol. The van der Waals surface area contributed by atoms with Gasteiger partial charge in [0.15, 0.2) is 6.20 Å². The lowest BCUT2D eigenvalue weighted by molar-refractivity contribution is -0.673. The van der Waals surface area contributed by atoms with Gasteiger partial charge in [-0.3, -0.25) is 0 Å². The number of aryl methyl sites for hydroxylation is 1. The van der Waals surface area contributed by atoms with E-state index in [1.54, 1.807) is 7.11 Å². The molecule has 0 N–H and O–H groups in total. The van der Waals surface area contributed by atoms with Crippen LogP contribution in [0.15, 0.2) is 55.0 Å². The number of hydrogen-bond acceptors (Lipinski definition) is 1. The van der Waals surface area contributed by atoms with Crippen molar-refractivity contribution in [2.24, 2.45) is 7.05 Å². The van der Waals surface area contributed by atoms with Gasteiger partial charge in [0.2, 0.25) is 5.69 Å². The fourth-order valence-corrected chi connectivity index (χ4v) is 1.55. The first-order valence-electron chi connectivity index (χ1n) is 5.23. The first kappa shape index (κ1) is 12.2. The highest BCUT2D eigenvalue weighted by atomic mass is 16.5. The van der Waals surface area contributed by atoms with Crippen molar-refractivity contribution in [3.05, 3.63) is 60.7 Å². The van der Waals surface area contributed by atoms with Gasteiger partial charge in [-0.25, -0.2) is 4.57 Å². The number of aromatic nitrogens is 1. The van der Waals surface area contributed by atoms with Crippen LogP contribution in [-0.2, 0) is 11.8 Å². The highest BCUT2D eigenvalue weighted by Crippen LogP contribution is 2.18. The molecule has 0 atom stereocenters. The van der Waals surface area contributed by atoms with Gasteiger partial charge in [-0.2, -0.15) is 0 Å². The van der Waals surface area contributed by atoms with Gasteiger partial charge in [0.1, 0.15) is 12.8 Å². The molecule has 16 heavy (non-hydrogen) atoms. The Morgan fingerprint density at radius 1 is 1.44 bits per heavy atom. The van der Waals surface area contributed by atoms with Crippen molar-refractivity contribution in [1.82, 2.24) is 0 Å². The van der Waals surface area contributed by atoms with E-state index in [4.69, 9.17) is 4.74 Å². The number of hydrogen-bond donors (Lipinski definition) is 0. The smallest absolute Gasteiger partial charge is 0.215 e. The van der Waals surface area contributed by atoms with Crippen molar-refractivity contribution in [3.8, 4) is 0 Å². The second kappa shape index (κ2) is 5.91. The summed E-state index contributed by atoms with van der Waals surface area (Å²) in [5, 5.41) is 0. The molecule has 0 amide bonds. The summed E-state index contributed by atoms with van der Waals surface area (Å²) >= 11 is 0. The second-order valence-electron chi connectivity index (χ2n) is 3.38. The zero-order valence-electron chi connectivity index (χ0n) is 10.1. The van der Waals surface area contributed by atoms with E-state index in [0.29, 0.717) is 0 Å². The summed E-state index contributed by atoms with van der Waals surface area (Å²) in [4.78, 5) is 0. The molecule has 2 nitrogen and oxygen atoms in total. The van der Waals surface area contributed by atoms with Gasteiger partial charge >= 0.3 is 0 Å². The van der Waals surface area contributed by atoms with Crippen molar-refractivity contribution in [2.75, 3.05) is 7.11 Å². The summed E-state index contributed by atoms with van der Waals surface area (Å²) in [6.45, 7) is 5.81. The maximum Gasteiger partial charge on any atom is 0.215 e. The summed E-state index contributed by atoms with van der Waals surface area (Å²) in [5.74, 6) is 0.819. The lowest BCUT2D eigenvalue weighted by atomic mass is 10.1. The molecule has 0 bridgehead atoms. The minimum Gasteiger partial charge on any atom is -0.496 e. The molecule has 1 aromatic rings. The Hall–Kier alpha value is -1.83. The van der Waals surface area contributed by atoms with Gasteiger partial charge in [-0.15, -0.1) is 0 Å². The van der Waals surface area contributed by atoms with E-state index in [-0.39, 0.29) is 0 Å². The van der Waals surface area contributed by atoms with E-state index in [9.17, 15) is 0 Å². The SMILES string of the molecule is C=C/C(=C(\C=C/C)OC)c1cccc[n+]1C. The van der Waals surface area contributed by atoms with Crippen LogP contribution in [0.2, 0.25) is 0 Å². The van der Waals surface area contributed by atoms with Crippen molar-refractivity contribution < 1.29 is 9.30 Å². The van der Waals surface area contributed by atoms with E-state index in [1.807, 2.05) is 61.2 Å². The van der Waals surface area contributed by atoms with E-state index in [1.165, 1.54) is 0 Å². The number of pyridine rings is 1.